The number of carbonyl (C=O) groups is 2. The lowest BCUT2D eigenvalue weighted by Crippen LogP contribution is -2.24. The van der Waals surface area contributed by atoms with E-state index in [9.17, 15) is 26.8 Å². The Bertz CT molecular complexity index is 909. The third kappa shape index (κ3) is 4.44. The number of ketones is 1. The average molecular weight is 403 g/mol. The van der Waals surface area contributed by atoms with Crippen LogP contribution < -0.4 is 0 Å². The maximum absolute atomic E-state index is 12.5. The molecule has 0 saturated heterocycles. The summed E-state index contributed by atoms with van der Waals surface area (Å²) in [4.78, 5) is 23.6. The summed E-state index contributed by atoms with van der Waals surface area (Å²) in [7, 11) is -4.75. The van der Waals surface area contributed by atoms with Crippen LogP contribution in [0, 0.1) is 0 Å². The number of alkyl halides is 2. The van der Waals surface area contributed by atoms with Crippen molar-refractivity contribution in [1.29, 1.82) is 0 Å². The van der Waals surface area contributed by atoms with Gasteiger partial charge in [-0.15, -0.1) is 0 Å². The van der Waals surface area contributed by atoms with Gasteiger partial charge in [-0.1, -0.05) is 11.6 Å². The van der Waals surface area contributed by atoms with Crippen LogP contribution in [0.4, 0.5) is 8.78 Å². The van der Waals surface area contributed by atoms with Gasteiger partial charge < -0.3 is 4.74 Å². The van der Waals surface area contributed by atoms with Gasteiger partial charge in [0.2, 0.25) is 15.6 Å². The highest BCUT2D eigenvalue weighted by atomic mass is 35.5. The first kappa shape index (κ1) is 20.0. The van der Waals surface area contributed by atoms with Crippen molar-refractivity contribution in [3.05, 3.63) is 64.7 Å². The molecule has 0 aliphatic heterocycles. The molecule has 1 atom stereocenters. The van der Waals surface area contributed by atoms with Gasteiger partial charge in [-0.2, -0.15) is 8.78 Å². The van der Waals surface area contributed by atoms with E-state index in [2.05, 4.69) is 0 Å². The van der Waals surface area contributed by atoms with Crippen molar-refractivity contribution in [2.45, 2.75) is 23.7 Å². The Morgan fingerprint density at radius 1 is 0.962 bits per heavy atom. The molecule has 2 aromatic carbocycles. The lowest BCUT2D eigenvalue weighted by Gasteiger charge is -2.12. The molecule has 0 saturated carbocycles. The fraction of sp³-hybridized carbons (Fsp3) is 0.176. The van der Waals surface area contributed by atoms with Crippen LogP contribution >= 0.6 is 11.6 Å². The molecule has 0 amide bonds. The Morgan fingerprint density at radius 2 is 1.46 bits per heavy atom. The van der Waals surface area contributed by atoms with Crippen molar-refractivity contribution >= 4 is 33.2 Å². The second-order valence-electron chi connectivity index (χ2n) is 5.25. The van der Waals surface area contributed by atoms with E-state index in [0.717, 1.165) is 24.3 Å². The Morgan fingerprint density at radius 3 is 1.96 bits per heavy atom. The summed E-state index contributed by atoms with van der Waals surface area (Å²) in [6.07, 6.45) is -1.10. The molecule has 9 heteroatoms. The molecule has 0 spiro atoms. The highest BCUT2D eigenvalue weighted by molar-refractivity contribution is 7.91. The van der Waals surface area contributed by atoms with E-state index < -0.39 is 38.3 Å². The summed E-state index contributed by atoms with van der Waals surface area (Å²) < 4.78 is 52.7. The highest BCUT2D eigenvalue weighted by Gasteiger charge is 2.27. The minimum absolute atomic E-state index is 0.0750. The fourth-order valence-corrected chi connectivity index (χ4v) is 2.86. The molecule has 0 aliphatic carbocycles. The van der Waals surface area contributed by atoms with Gasteiger partial charge in [0.1, 0.15) is 0 Å². The zero-order chi connectivity index (χ0) is 19.5. The average Bonchev–Trinajstić information content (AvgIpc) is 2.61. The maximum Gasteiger partial charge on any atom is 0.341 e. The lowest BCUT2D eigenvalue weighted by atomic mass is 10.1. The van der Waals surface area contributed by atoms with Crippen molar-refractivity contribution in [3.8, 4) is 0 Å². The second-order valence-corrected chi connectivity index (χ2v) is 7.60. The Hall–Kier alpha value is -2.32. The van der Waals surface area contributed by atoms with Crippen molar-refractivity contribution in [1.82, 2.24) is 0 Å². The number of Topliss-reactive ketones (excluding diaryl/α,β-unsaturated/α-hetero) is 1. The molecular formula is C17H13ClF2O5S. The van der Waals surface area contributed by atoms with Crippen molar-refractivity contribution in [2.24, 2.45) is 0 Å². The van der Waals surface area contributed by atoms with Crippen LogP contribution in [0.5, 0.6) is 0 Å². The van der Waals surface area contributed by atoms with Crippen molar-refractivity contribution in [3.63, 3.8) is 0 Å². The zero-order valence-electron chi connectivity index (χ0n) is 13.4. The van der Waals surface area contributed by atoms with Crippen LogP contribution in [0.25, 0.3) is 0 Å². The van der Waals surface area contributed by atoms with Crippen LogP contribution in [0.1, 0.15) is 27.6 Å². The molecule has 0 aromatic heterocycles. The minimum atomic E-state index is -4.75. The van der Waals surface area contributed by atoms with E-state index >= 15 is 0 Å². The van der Waals surface area contributed by atoms with Gasteiger partial charge >= 0.3 is 11.7 Å². The van der Waals surface area contributed by atoms with Crippen LogP contribution in [-0.4, -0.2) is 32.0 Å². The molecule has 5 nitrogen and oxygen atoms in total. The van der Waals surface area contributed by atoms with Crippen LogP contribution in [0.2, 0.25) is 5.02 Å². The number of ether oxygens (including phenoxy) is 1. The third-order valence-corrected chi connectivity index (χ3v) is 5.09. The largest absolute Gasteiger partial charge is 0.451 e. The van der Waals surface area contributed by atoms with Gasteiger partial charge in [0.15, 0.2) is 6.10 Å². The van der Waals surface area contributed by atoms with E-state index in [-0.39, 0.29) is 5.56 Å². The molecule has 2 aromatic rings. The number of carbonyl (C=O) groups excluding carboxylic acids is 2. The van der Waals surface area contributed by atoms with Crippen LogP contribution in [-0.2, 0) is 14.6 Å². The standard InChI is InChI=1S/C17H13ClF2O5S/c1-10(15(21)11-2-6-13(18)7-3-11)25-16(22)12-4-8-14(9-5-12)26(23,24)17(19)20/h2-10,17H,1H3/t10-/m0/s1. The molecule has 0 radical (unpaired) electrons. The third-order valence-electron chi connectivity index (χ3n) is 3.43. The number of rotatable bonds is 6. The van der Waals surface area contributed by atoms with Gasteiger partial charge in [-0.3, -0.25) is 4.79 Å². The van der Waals surface area contributed by atoms with Crippen LogP contribution in [0.15, 0.2) is 53.4 Å². The lowest BCUT2D eigenvalue weighted by molar-refractivity contribution is 0.0318. The van der Waals surface area contributed by atoms with E-state index in [4.69, 9.17) is 16.3 Å². The van der Waals surface area contributed by atoms with Crippen LogP contribution in [0.3, 0.4) is 0 Å². The van der Waals surface area contributed by atoms with E-state index in [1.807, 2.05) is 0 Å². The molecule has 2 rings (SSSR count). The first-order chi connectivity index (χ1) is 12.1. The van der Waals surface area contributed by atoms with Gasteiger partial charge in [0.05, 0.1) is 10.5 Å². The zero-order valence-corrected chi connectivity index (χ0v) is 14.9. The quantitative estimate of drug-likeness (QED) is 0.543. The SMILES string of the molecule is C[C@H](OC(=O)c1ccc(S(=O)(=O)C(F)F)cc1)C(=O)c1ccc(Cl)cc1. The normalized spacial score (nSPS) is 12.7. The van der Waals surface area contributed by atoms with Crippen molar-refractivity contribution < 1.29 is 31.5 Å². The second kappa shape index (κ2) is 7.92. The van der Waals surface area contributed by atoms with E-state index in [1.54, 1.807) is 0 Å². The summed E-state index contributed by atoms with van der Waals surface area (Å²) in [5.41, 5.74) is 0.224. The summed E-state index contributed by atoms with van der Waals surface area (Å²) in [6, 6.07) is 9.84. The summed E-state index contributed by atoms with van der Waals surface area (Å²) in [5, 5.41) is 0.449. The molecule has 0 bridgehead atoms. The van der Waals surface area contributed by atoms with Gasteiger partial charge in [0.25, 0.3) is 0 Å². The topological polar surface area (TPSA) is 77.5 Å². The van der Waals surface area contributed by atoms with Gasteiger partial charge in [0, 0.05) is 10.6 Å². The number of halogens is 3. The minimum Gasteiger partial charge on any atom is -0.451 e. The monoisotopic (exact) mass is 402 g/mol. The fourth-order valence-electron chi connectivity index (χ4n) is 2.01. The summed E-state index contributed by atoms with van der Waals surface area (Å²) in [6.45, 7) is 1.38. The van der Waals surface area contributed by atoms with Crippen molar-refractivity contribution in [2.75, 3.05) is 0 Å². The molecule has 0 fully saturated rings. The first-order valence-corrected chi connectivity index (χ1v) is 9.18. The molecule has 0 aliphatic rings. The predicted molar refractivity (Wildman–Crippen MR) is 90.3 cm³/mol. The number of esters is 1. The maximum atomic E-state index is 12.5. The number of hydrogen-bond donors (Lipinski definition) is 0. The molecular weight excluding hydrogens is 390 g/mol. The van der Waals surface area contributed by atoms with E-state index in [1.165, 1.54) is 31.2 Å². The molecule has 0 N–H and O–H groups in total. The van der Waals surface area contributed by atoms with E-state index in [0.29, 0.717) is 10.6 Å². The molecule has 0 unspecified atom stereocenters. The number of hydrogen-bond acceptors (Lipinski definition) is 5. The Balaban J connectivity index is 2.09. The molecule has 0 heterocycles. The number of benzene rings is 2. The predicted octanol–water partition coefficient (Wildman–Crippen LogP) is 3.76. The number of sulfone groups is 1. The first-order valence-electron chi connectivity index (χ1n) is 7.26. The molecule has 138 valence electrons. The highest BCUT2D eigenvalue weighted by Crippen LogP contribution is 2.19. The smallest absolute Gasteiger partial charge is 0.341 e. The molecule has 26 heavy (non-hydrogen) atoms. The van der Waals surface area contributed by atoms with Gasteiger partial charge in [-0.25, -0.2) is 13.2 Å². The van der Waals surface area contributed by atoms with Gasteiger partial charge in [-0.05, 0) is 55.5 Å². The Kier molecular flexibility index (Phi) is 6.09. The summed E-state index contributed by atoms with van der Waals surface area (Å²) >= 11 is 5.74. The Labute approximate surface area is 153 Å². The summed E-state index contributed by atoms with van der Waals surface area (Å²) in [5.74, 6) is -4.90.